The molecule has 0 aromatic carbocycles. The van der Waals surface area contributed by atoms with Crippen molar-refractivity contribution in [2.75, 3.05) is 7.11 Å². The van der Waals surface area contributed by atoms with Crippen molar-refractivity contribution in [2.24, 2.45) is 5.92 Å². The Hall–Kier alpha value is -2.31. The summed E-state index contributed by atoms with van der Waals surface area (Å²) in [4.78, 5) is 26.6. The van der Waals surface area contributed by atoms with Gasteiger partial charge in [-0.25, -0.2) is 14.6 Å². The fourth-order valence-electron chi connectivity index (χ4n) is 1.56. The van der Waals surface area contributed by atoms with E-state index in [1.165, 1.54) is 7.11 Å². The van der Waals surface area contributed by atoms with Gasteiger partial charge in [0.25, 0.3) is 0 Å². The molecule has 0 fully saturated rings. The lowest BCUT2D eigenvalue weighted by atomic mass is 10.1. The molecule has 0 spiro atoms. The van der Waals surface area contributed by atoms with E-state index in [2.05, 4.69) is 15.6 Å². The minimum absolute atomic E-state index is 0.195. The highest BCUT2D eigenvalue weighted by molar-refractivity contribution is 5.82. The van der Waals surface area contributed by atoms with Crippen molar-refractivity contribution in [3.05, 3.63) is 23.9 Å². The van der Waals surface area contributed by atoms with Crippen LogP contribution in [-0.2, 0) is 11.3 Å². The monoisotopic (exact) mass is 281 g/mol. The molecule has 20 heavy (non-hydrogen) atoms. The Morgan fingerprint density at radius 3 is 2.70 bits per heavy atom. The Balaban J connectivity index is 2.52. The topological polar surface area (TPSA) is 101 Å². The van der Waals surface area contributed by atoms with E-state index in [-0.39, 0.29) is 12.5 Å². The van der Waals surface area contributed by atoms with Crippen LogP contribution in [0.4, 0.5) is 4.79 Å². The maximum atomic E-state index is 11.7. The van der Waals surface area contributed by atoms with Gasteiger partial charge in [-0.2, -0.15) is 0 Å². The van der Waals surface area contributed by atoms with Crippen molar-refractivity contribution in [1.29, 1.82) is 0 Å². The summed E-state index contributed by atoms with van der Waals surface area (Å²) in [6, 6.07) is 1.99. The van der Waals surface area contributed by atoms with Gasteiger partial charge in [-0.3, -0.25) is 0 Å². The highest BCUT2D eigenvalue weighted by Gasteiger charge is 2.23. The zero-order valence-corrected chi connectivity index (χ0v) is 11.7. The van der Waals surface area contributed by atoms with Crippen LogP contribution in [0.15, 0.2) is 18.3 Å². The Bertz CT molecular complexity index is 476. The summed E-state index contributed by atoms with van der Waals surface area (Å²) in [5, 5.41) is 14.0. The number of urea groups is 1. The van der Waals surface area contributed by atoms with Gasteiger partial charge in [-0.15, -0.1) is 0 Å². The Morgan fingerprint density at radius 2 is 2.15 bits per heavy atom. The second kappa shape index (κ2) is 7.32. The van der Waals surface area contributed by atoms with Crippen LogP contribution in [0.25, 0.3) is 0 Å². The number of rotatable bonds is 6. The van der Waals surface area contributed by atoms with Gasteiger partial charge in [0.2, 0.25) is 5.88 Å². The second-order valence-corrected chi connectivity index (χ2v) is 4.59. The Kier molecular flexibility index (Phi) is 5.76. The van der Waals surface area contributed by atoms with Crippen LogP contribution in [-0.4, -0.2) is 35.2 Å². The van der Waals surface area contributed by atoms with Crippen molar-refractivity contribution in [1.82, 2.24) is 15.6 Å². The third-order valence-electron chi connectivity index (χ3n) is 2.68. The fourth-order valence-corrected chi connectivity index (χ4v) is 1.56. The SMILES string of the molecule is COc1cc(CNC(=O)NC(C(=O)O)C(C)C)ccn1. The molecule has 1 rings (SSSR count). The van der Waals surface area contributed by atoms with E-state index in [0.717, 1.165) is 5.56 Å². The summed E-state index contributed by atoms with van der Waals surface area (Å²) >= 11 is 0. The molecule has 0 aliphatic carbocycles. The molecule has 3 N–H and O–H groups in total. The first-order chi connectivity index (χ1) is 9.43. The van der Waals surface area contributed by atoms with E-state index in [4.69, 9.17) is 9.84 Å². The molecule has 0 radical (unpaired) electrons. The average Bonchev–Trinajstić information content (AvgIpc) is 2.42. The van der Waals surface area contributed by atoms with E-state index in [0.29, 0.717) is 5.88 Å². The number of nitrogens with one attached hydrogen (secondary N) is 2. The molecule has 0 saturated carbocycles. The molecule has 0 aliphatic heterocycles. The lowest BCUT2D eigenvalue weighted by Crippen LogP contribution is -2.48. The Morgan fingerprint density at radius 1 is 1.45 bits per heavy atom. The van der Waals surface area contributed by atoms with Crippen LogP contribution in [0.5, 0.6) is 5.88 Å². The lowest BCUT2D eigenvalue weighted by molar-refractivity contribution is -0.140. The van der Waals surface area contributed by atoms with Gasteiger partial charge >= 0.3 is 12.0 Å². The van der Waals surface area contributed by atoms with Gasteiger partial charge in [-0.1, -0.05) is 13.8 Å². The molecule has 1 heterocycles. The maximum Gasteiger partial charge on any atom is 0.326 e. The highest BCUT2D eigenvalue weighted by atomic mass is 16.5. The van der Waals surface area contributed by atoms with Crippen LogP contribution >= 0.6 is 0 Å². The van der Waals surface area contributed by atoms with Gasteiger partial charge < -0.3 is 20.5 Å². The summed E-state index contributed by atoms with van der Waals surface area (Å²) in [5.41, 5.74) is 0.809. The predicted molar refractivity (Wildman–Crippen MR) is 72.4 cm³/mol. The van der Waals surface area contributed by atoms with Gasteiger partial charge in [0.05, 0.1) is 7.11 Å². The molecule has 1 aromatic heterocycles. The van der Waals surface area contributed by atoms with Crippen molar-refractivity contribution in [3.63, 3.8) is 0 Å². The number of carbonyl (C=O) groups is 2. The van der Waals surface area contributed by atoms with Crippen LogP contribution < -0.4 is 15.4 Å². The van der Waals surface area contributed by atoms with Crippen molar-refractivity contribution >= 4 is 12.0 Å². The van der Waals surface area contributed by atoms with E-state index in [1.807, 2.05) is 0 Å². The summed E-state index contributed by atoms with van der Waals surface area (Å²) in [6.45, 7) is 3.72. The molecule has 7 heteroatoms. The molecule has 0 aliphatic rings. The minimum atomic E-state index is -1.05. The van der Waals surface area contributed by atoms with E-state index in [1.54, 1.807) is 32.2 Å². The molecular weight excluding hydrogens is 262 g/mol. The summed E-state index contributed by atoms with van der Waals surface area (Å²) in [6.07, 6.45) is 1.57. The van der Waals surface area contributed by atoms with Gasteiger partial charge in [0.15, 0.2) is 0 Å². The minimum Gasteiger partial charge on any atom is -0.481 e. The third-order valence-corrected chi connectivity index (χ3v) is 2.68. The molecule has 1 unspecified atom stereocenters. The first kappa shape index (κ1) is 15.7. The number of methoxy groups -OCH3 is 1. The number of carboxylic acids is 1. The molecular formula is C13H19N3O4. The standard InChI is InChI=1S/C13H19N3O4/c1-8(2)11(12(17)18)16-13(19)15-7-9-4-5-14-10(6-9)20-3/h4-6,8,11H,7H2,1-3H3,(H,17,18)(H2,15,16,19). The molecule has 0 bridgehead atoms. The molecule has 7 nitrogen and oxygen atoms in total. The van der Waals surface area contributed by atoms with Crippen LogP contribution in [0, 0.1) is 5.92 Å². The quantitative estimate of drug-likeness (QED) is 0.722. The molecule has 1 atom stereocenters. The first-order valence-electron chi connectivity index (χ1n) is 6.20. The molecule has 0 saturated heterocycles. The number of aromatic nitrogens is 1. The number of nitrogens with zero attached hydrogens (tertiary/aromatic N) is 1. The normalized spacial score (nSPS) is 11.8. The summed E-state index contributed by atoms with van der Waals surface area (Å²) in [7, 11) is 1.51. The second-order valence-electron chi connectivity index (χ2n) is 4.59. The summed E-state index contributed by atoms with van der Waals surface area (Å²) < 4.78 is 4.97. The molecule has 2 amide bonds. The number of carbonyl (C=O) groups excluding carboxylic acids is 1. The van der Waals surface area contributed by atoms with Gasteiger partial charge in [0.1, 0.15) is 6.04 Å². The van der Waals surface area contributed by atoms with E-state index in [9.17, 15) is 9.59 Å². The van der Waals surface area contributed by atoms with Crippen molar-refractivity contribution in [2.45, 2.75) is 26.4 Å². The van der Waals surface area contributed by atoms with Crippen molar-refractivity contribution in [3.8, 4) is 5.88 Å². The maximum absolute atomic E-state index is 11.7. The van der Waals surface area contributed by atoms with Crippen LogP contribution in [0.3, 0.4) is 0 Å². The number of aliphatic carboxylic acids is 1. The van der Waals surface area contributed by atoms with Crippen molar-refractivity contribution < 1.29 is 19.4 Å². The zero-order chi connectivity index (χ0) is 15.1. The average molecular weight is 281 g/mol. The highest BCUT2D eigenvalue weighted by Crippen LogP contribution is 2.08. The largest absolute Gasteiger partial charge is 0.481 e. The molecule has 110 valence electrons. The third kappa shape index (κ3) is 4.75. The first-order valence-corrected chi connectivity index (χ1v) is 6.20. The van der Waals surface area contributed by atoms with Gasteiger partial charge in [-0.05, 0) is 17.5 Å². The number of ether oxygens (including phenoxy) is 1. The van der Waals surface area contributed by atoms with E-state index >= 15 is 0 Å². The predicted octanol–water partition coefficient (Wildman–Crippen LogP) is 0.999. The van der Waals surface area contributed by atoms with Gasteiger partial charge in [0, 0.05) is 18.8 Å². The van der Waals surface area contributed by atoms with E-state index < -0.39 is 18.0 Å². The number of hydrogen-bond donors (Lipinski definition) is 3. The lowest BCUT2D eigenvalue weighted by Gasteiger charge is -2.18. The van der Waals surface area contributed by atoms with Crippen LogP contribution in [0.1, 0.15) is 19.4 Å². The smallest absolute Gasteiger partial charge is 0.326 e. The number of pyridine rings is 1. The zero-order valence-electron chi connectivity index (χ0n) is 11.7. The number of carboxylic acid groups (broad SMARTS) is 1. The fraction of sp³-hybridized carbons (Fsp3) is 0.462. The summed E-state index contributed by atoms with van der Waals surface area (Å²) in [5.74, 6) is -0.796. The van der Waals surface area contributed by atoms with Crippen LogP contribution in [0.2, 0.25) is 0 Å². The number of amides is 2. The number of hydrogen-bond acceptors (Lipinski definition) is 4. The Labute approximate surface area is 117 Å². The molecule has 1 aromatic rings.